The second-order valence-electron chi connectivity index (χ2n) is 9.55. The van der Waals surface area contributed by atoms with Crippen molar-refractivity contribution in [2.24, 2.45) is 0 Å². The fraction of sp³-hybridized carbons (Fsp3) is 1.00. The topological polar surface area (TPSA) is 20.2 Å². The number of aliphatic hydroxyl groups excluding tert-OH is 1. The summed E-state index contributed by atoms with van der Waals surface area (Å²) in [5.74, 6) is 0. The molecule has 1 N–H and O–H groups in total. The van der Waals surface area contributed by atoms with Crippen LogP contribution in [0.3, 0.4) is 0 Å². The van der Waals surface area contributed by atoms with Crippen LogP contribution in [-0.2, 0) is 0 Å². The highest BCUT2D eigenvalue weighted by atomic mass is 16.3. The van der Waals surface area contributed by atoms with Crippen LogP contribution in [0.15, 0.2) is 0 Å². The summed E-state index contributed by atoms with van der Waals surface area (Å²) >= 11 is 0. The van der Waals surface area contributed by atoms with Crippen molar-refractivity contribution in [1.82, 2.24) is 0 Å². The highest BCUT2D eigenvalue weighted by Crippen LogP contribution is 2.19. The molecule has 0 spiro atoms. The van der Waals surface area contributed by atoms with Crippen molar-refractivity contribution in [3.8, 4) is 0 Å². The number of hydrogen-bond donors (Lipinski definition) is 1. The number of aliphatic hydroxyl groups is 1. The molecule has 0 heterocycles. The number of rotatable bonds is 20. The Balaban J connectivity index is 3.73. The van der Waals surface area contributed by atoms with Gasteiger partial charge in [-0.1, -0.05) is 104 Å². The molecule has 0 aliphatic heterocycles. The number of nitrogens with zero attached hydrogens (tertiary/aromatic N) is 1. The van der Waals surface area contributed by atoms with Gasteiger partial charge in [0.05, 0.1) is 20.6 Å². The maximum absolute atomic E-state index is 10.6. The maximum Gasteiger partial charge on any atom is 0.112 e. The van der Waals surface area contributed by atoms with Crippen molar-refractivity contribution >= 4 is 0 Å². The zero-order valence-corrected chi connectivity index (χ0v) is 19.8. The van der Waals surface area contributed by atoms with Gasteiger partial charge in [-0.25, -0.2) is 0 Å². The van der Waals surface area contributed by atoms with Crippen LogP contribution in [0.1, 0.15) is 130 Å². The summed E-state index contributed by atoms with van der Waals surface area (Å²) in [6, 6.07) is 0.346. The summed E-state index contributed by atoms with van der Waals surface area (Å²) in [6.07, 6.45) is 22.6. The monoisotopic (exact) mass is 384 g/mol. The first kappa shape index (κ1) is 26.9. The molecule has 0 aromatic carbocycles. The lowest BCUT2D eigenvalue weighted by molar-refractivity contribution is -0.917. The lowest BCUT2D eigenvalue weighted by Gasteiger charge is -2.38. The van der Waals surface area contributed by atoms with Gasteiger partial charge < -0.3 is 9.59 Å². The number of unbranched alkanes of at least 4 members (excludes halogenated alkanes) is 14. The van der Waals surface area contributed by atoms with E-state index < -0.39 is 0 Å². The van der Waals surface area contributed by atoms with Gasteiger partial charge in [0.1, 0.15) is 12.1 Å². The van der Waals surface area contributed by atoms with Crippen LogP contribution < -0.4 is 0 Å². The van der Waals surface area contributed by atoms with E-state index in [9.17, 15) is 5.11 Å². The molecule has 0 amide bonds. The standard InChI is InChI=1S/C25H54NO/c1-6-8-10-12-14-16-18-20-22-25(27)24(3)26(4,5)23-21-19-17-15-13-11-9-7-2/h24-25,27H,6-23H2,1-5H3/q+1. The Bertz CT molecular complexity index is 303. The lowest BCUT2D eigenvalue weighted by atomic mass is 10.0. The molecule has 0 bridgehead atoms. The molecule has 2 heteroatoms. The molecule has 2 nitrogen and oxygen atoms in total. The third-order valence-corrected chi connectivity index (χ3v) is 6.60. The zero-order valence-electron chi connectivity index (χ0n) is 19.8. The summed E-state index contributed by atoms with van der Waals surface area (Å²) in [5, 5.41) is 10.6. The minimum Gasteiger partial charge on any atom is -0.387 e. The number of quaternary nitrogens is 1. The summed E-state index contributed by atoms with van der Waals surface area (Å²) in [4.78, 5) is 0. The van der Waals surface area contributed by atoms with Gasteiger partial charge in [0.15, 0.2) is 0 Å². The van der Waals surface area contributed by atoms with E-state index in [0.717, 1.165) is 10.9 Å². The molecule has 0 rings (SSSR count). The van der Waals surface area contributed by atoms with Crippen LogP contribution in [-0.4, -0.2) is 42.4 Å². The first-order valence-electron chi connectivity index (χ1n) is 12.5. The summed E-state index contributed by atoms with van der Waals surface area (Å²) in [5.41, 5.74) is 0. The Hall–Kier alpha value is -0.0800. The molecule has 27 heavy (non-hydrogen) atoms. The van der Waals surface area contributed by atoms with E-state index in [0.29, 0.717) is 6.04 Å². The Morgan fingerprint density at radius 3 is 1.41 bits per heavy atom. The van der Waals surface area contributed by atoms with Crippen molar-refractivity contribution in [3.05, 3.63) is 0 Å². The lowest BCUT2D eigenvalue weighted by Crippen LogP contribution is -2.53. The van der Waals surface area contributed by atoms with Crippen LogP contribution in [0.4, 0.5) is 0 Å². The van der Waals surface area contributed by atoms with E-state index in [4.69, 9.17) is 0 Å². The summed E-state index contributed by atoms with van der Waals surface area (Å²) < 4.78 is 0.966. The van der Waals surface area contributed by atoms with E-state index in [1.807, 2.05) is 0 Å². The first-order chi connectivity index (χ1) is 13.0. The zero-order chi connectivity index (χ0) is 20.4. The van der Waals surface area contributed by atoms with Gasteiger partial charge in [-0.3, -0.25) is 0 Å². The molecule has 0 aromatic heterocycles. The second-order valence-corrected chi connectivity index (χ2v) is 9.55. The molecule has 0 fully saturated rings. The van der Waals surface area contributed by atoms with E-state index >= 15 is 0 Å². The molecular formula is C25H54NO+. The van der Waals surface area contributed by atoms with E-state index in [1.165, 1.54) is 109 Å². The molecule has 2 atom stereocenters. The van der Waals surface area contributed by atoms with Crippen LogP contribution >= 0.6 is 0 Å². The smallest absolute Gasteiger partial charge is 0.112 e. The average Bonchev–Trinajstić information content (AvgIpc) is 2.65. The minimum absolute atomic E-state index is 0.144. The van der Waals surface area contributed by atoms with E-state index in [2.05, 4.69) is 34.9 Å². The van der Waals surface area contributed by atoms with Gasteiger partial charge in [0, 0.05) is 0 Å². The SMILES string of the molecule is CCCCCCCCCCC(O)C(C)[N+](C)(C)CCCCCCCCCC. The average molecular weight is 385 g/mol. The fourth-order valence-electron chi connectivity index (χ4n) is 4.05. The van der Waals surface area contributed by atoms with Crippen molar-refractivity contribution in [2.75, 3.05) is 20.6 Å². The van der Waals surface area contributed by atoms with Crippen LogP contribution in [0, 0.1) is 0 Å². The van der Waals surface area contributed by atoms with Crippen LogP contribution in [0.5, 0.6) is 0 Å². The summed E-state index contributed by atoms with van der Waals surface area (Å²) in [6.45, 7) is 8.01. The highest BCUT2D eigenvalue weighted by Gasteiger charge is 2.29. The highest BCUT2D eigenvalue weighted by molar-refractivity contribution is 4.65. The minimum atomic E-state index is -0.144. The molecule has 0 saturated carbocycles. The van der Waals surface area contributed by atoms with Crippen molar-refractivity contribution in [2.45, 2.75) is 142 Å². The van der Waals surface area contributed by atoms with Gasteiger partial charge in [-0.05, 0) is 26.2 Å². The number of hydrogen-bond acceptors (Lipinski definition) is 1. The third-order valence-electron chi connectivity index (χ3n) is 6.60. The maximum atomic E-state index is 10.6. The van der Waals surface area contributed by atoms with Gasteiger partial charge >= 0.3 is 0 Å². The van der Waals surface area contributed by atoms with Gasteiger partial charge in [0.25, 0.3) is 0 Å². The number of likely N-dealkylation sites (N-methyl/N-ethyl adjacent to an activating group) is 1. The van der Waals surface area contributed by atoms with Crippen LogP contribution in [0.25, 0.3) is 0 Å². The van der Waals surface area contributed by atoms with Crippen molar-refractivity contribution in [3.63, 3.8) is 0 Å². The molecule has 164 valence electrons. The molecule has 0 radical (unpaired) electrons. The molecule has 0 aliphatic rings. The normalized spacial score (nSPS) is 14.4. The largest absolute Gasteiger partial charge is 0.387 e. The van der Waals surface area contributed by atoms with E-state index in [-0.39, 0.29) is 6.10 Å². The Morgan fingerprint density at radius 1 is 0.593 bits per heavy atom. The third kappa shape index (κ3) is 15.5. The summed E-state index contributed by atoms with van der Waals surface area (Å²) in [7, 11) is 4.62. The van der Waals surface area contributed by atoms with Crippen molar-refractivity contribution in [1.29, 1.82) is 0 Å². The molecule has 0 aromatic rings. The fourth-order valence-corrected chi connectivity index (χ4v) is 4.05. The Morgan fingerprint density at radius 2 is 0.963 bits per heavy atom. The Kier molecular flexibility index (Phi) is 17.9. The van der Waals surface area contributed by atoms with Gasteiger partial charge in [-0.2, -0.15) is 0 Å². The quantitative estimate of drug-likeness (QED) is 0.170. The Labute approximate surface area is 172 Å². The van der Waals surface area contributed by atoms with Gasteiger partial charge in [-0.15, -0.1) is 0 Å². The molecular weight excluding hydrogens is 330 g/mol. The predicted octanol–water partition coefficient (Wildman–Crippen LogP) is 7.48. The van der Waals surface area contributed by atoms with E-state index in [1.54, 1.807) is 0 Å². The second kappa shape index (κ2) is 18.0. The molecule has 0 saturated heterocycles. The van der Waals surface area contributed by atoms with Crippen molar-refractivity contribution < 1.29 is 9.59 Å². The molecule has 0 aliphatic carbocycles. The first-order valence-corrected chi connectivity index (χ1v) is 12.5. The predicted molar refractivity (Wildman–Crippen MR) is 122 cm³/mol. The molecule has 2 unspecified atom stereocenters. The van der Waals surface area contributed by atoms with Crippen LogP contribution in [0.2, 0.25) is 0 Å². The van der Waals surface area contributed by atoms with Gasteiger partial charge in [0.2, 0.25) is 0 Å².